The molecule has 0 aliphatic carbocycles. The fourth-order valence-corrected chi connectivity index (χ4v) is 2.70. The Balaban J connectivity index is 1.91. The monoisotopic (exact) mass is 284 g/mol. The van der Waals surface area contributed by atoms with Gasteiger partial charge in [-0.15, -0.1) is 0 Å². The van der Waals surface area contributed by atoms with Crippen molar-refractivity contribution in [2.24, 2.45) is 10.7 Å². The Kier molecular flexibility index (Phi) is 3.21. The van der Waals surface area contributed by atoms with Crippen LogP contribution in [-0.2, 0) is 16.0 Å². The minimum absolute atomic E-state index is 0.162. The second kappa shape index (κ2) is 5.05. The number of H-pyrrole nitrogens is 1. The first-order chi connectivity index (χ1) is 10.1. The number of para-hydroxylation sites is 1. The Morgan fingerprint density at radius 1 is 1.43 bits per heavy atom. The van der Waals surface area contributed by atoms with E-state index in [4.69, 9.17) is 5.73 Å². The molecule has 0 bridgehead atoms. The van der Waals surface area contributed by atoms with E-state index in [-0.39, 0.29) is 12.5 Å². The maximum atomic E-state index is 12.1. The predicted octanol–water partition coefficient (Wildman–Crippen LogP) is 0.503. The van der Waals surface area contributed by atoms with Crippen molar-refractivity contribution in [2.75, 3.05) is 6.54 Å². The van der Waals surface area contributed by atoms with Gasteiger partial charge in [0.1, 0.15) is 6.04 Å². The zero-order chi connectivity index (χ0) is 15.0. The van der Waals surface area contributed by atoms with Gasteiger partial charge in [-0.3, -0.25) is 14.6 Å². The van der Waals surface area contributed by atoms with Gasteiger partial charge in [0, 0.05) is 17.3 Å². The molecule has 0 spiro atoms. The Morgan fingerprint density at radius 3 is 2.95 bits per heavy atom. The number of aliphatic imine (C=N–C) groups is 1. The third kappa shape index (κ3) is 2.40. The number of nitrogens with two attached hydrogens (primary N) is 1. The quantitative estimate of drug-likeness (QED) is 0.764. The van der Waals surface area contributed by atoms with E-state index in [0.29, 0.717) is 6.42 Å². The van der Waals surface area contributed by atoms with E-state index in [9.17, 15) is 9.59 Å². The summed E-state index contributed by atoms with van der Waals surface area (Å²) in [4.78, 5) is 30.6. The molecule has 1 aromatic carbocycles. The molecule has 6 heteroatoms. The number of amides is 2. The van der Waals surface area contributed by atoms with Gasteiger partial charge in [0.05, 0.1) is 18.0 Å². The number of fused-ring (bicyclic) bond motifs is 3. The van der Waals surface area contributed by atoms with Crippen LogP contribution in [0.2, 0.25) is 0 Å². The van der Waals surface area contributed by atoms with Crippen LogP contribution in [0.1, 0.15) is 18.2 Å². The van der Waals surface area contributed by atoms with Crippen molar-refractivity contribution < 1.29 is 9.59 Å². The summed E-state index contributed by atoms with van der Waals surface area (Å²) in [5, 5.41) is 3.62. The number of rotatable bonds is 3. The zero-order valence-electron chi connectivity index (χ0n) is 11.6. The summed E-state index contributed by atoms with van der Waals surface area (Å²) in [6.45, 7) is 1.71. The van der Waals surface area contributed by atoms with Crippen molar-refractivity contribution in [1.82, 2.24) is 10.3 Å². The summed E-state index contributed by atoms with van der Waals surface area (Å²) in [5.74, 6) is -0.836. The number of hydrogen-bond donors (Lipinski definition) is 3. The largest absolute Gasteiger partial charge is 0.368 e. The van der Waals surface area contributed by atoms with Crippen LogP contribution in [0.15, 0.2) is 29.3 Å². The summed E-state index contributed by atoms with van der Waals surface area (Å²) >= 11 is 0. The minimum atomic E-state index is -0.562. The first-order valence-corrected chi connectivity index (χ1v) is 6.76. The summed E-state index contributed by atoms with van der Waals surface area (Å²) in [5.41, 5.74) is 8.95. The van der Waals surface area contributed by atoms with Gasteiger partial charge in [0.25, 0.3) is 0 Å². The van der Waals surface area contributed by atoms with Gasteiger partial charge in [0.2, 0.25) is 11.8 Å². The normalized spacial score (nSPS) is 17.2. The maximum Gasteiger partial charge on any atom is 0.245 e. The van der Waals surface area contributed by atoms with E-state index in [1.165, 1.54) is 0 Å². The van der Waals surface area contributed by atoms with Crippen LogP contribution >= 0.6 is 0 Å². The van der Waals surface area contributed by atoms with Crippen LogP contribution < -0.4 is 11.1 Å². The standard InChI is InChI=1S/C15H16N4O2/c1-8-14-10(9-4-2-3-5-11(9)19-14)6-12(18-8)15(21)17-7-13(16)20/h2-5,12,19H,6-7H2,1H3,(H2,16,20)(H,17,21)/t12-/m0/s1. The molecule has 0 saturated heterocycles. The number of primary amides is 1. The lowest BCUT2D eigenvalue weighted by atomic mass is 9.97. The summed E-state index contributed by atoms with van der Waals surface area (Å²) in [6, 6.07) is 7.45. The highest BCUT2D eigenvalue weighted by Crippen LogP contribution is 2.28. The van der Waals surface area contributed by atoms with Crippen molar-refractivity contribution in [3.05, 3.63) is 35.5 Å². The lowest BCUT2D eigenvalue weighted by molar-refractivity contribution is -0.125. The highest BCUT2D eigenvalue weighted by Gasteiger charge is 2.27. The van der Waals surface area contributed by atoms with Crippen LogP contribution in [0.5, 0.6) is 0 Å². The molecule has 0 fully saturated rings. The smallest absolute Gasteiger partial charge is 0.245 e. The molecule has 0 unspecified atom stereocenters. The van der Waals surface area contributed by atoms with E-state index < -0.39 is 11.9 Å². The Morgan fingerprint density at radius 2 is 2.19 bits per heavy atom. The molecular weight excluding hydrogens is 268 g/mol. The average molecular weight is 284 g/mol. The van der Waals surface area contributed by atoms with Crippen molar-refractivity contribution in [2.45, 2.75) is 19.4 Å². The lowest BCUT2D eigenvalue weighted by Gasteiger charge is -2.19. The molecule has 4 N–H and O–H groups in total. The van der Waals surface area contributed by atoms with Crippen LogP contribution in [0.3, 0.4) is 0 Å². The molecule has 2 heterocycles. The molecule has 1 aliphatic rings. The number of carbonyl (C=O) groups is 2. The van der Waals surface area contributed by atoms with Crippen LogP contribution in [0.4, 0.5) is 0 Å². The predicted molar refractivity (Wildman–Crippen MR) is 80.2 cm³/mol. The summed E-state index contributed by atoms with van der Waals surface area (Å²) in [6.07, 6.45) is 0.515. The average Bonchev–Trinajstić information content (AvgIpc) is 2.84. The van der Waals surface area contributed by atoms with Gasteiger partial charge in [-0.1, -0.05) is 18.2 Å². The third-order valence-corrected chi connectivity index (χ3v) is 3.66. The number of carbonyl (C=O) groups excluding carboxylic acids is 2. The van der Waals surface area contributed by atoms with Crippen molar-refractivity contribution >= 4 is 28.4 Å². The van der Waals surface area contributed by atoms with Crippen LogP contribution in [0.25, 0.3) is 10.9 Å². The Bertz CT molecular complexity index is 760. The van der Waals surface area contributed by atoms with Gasteiger partial charge < -0.3 is 16.0 Å². The van der Waals surface area contributed by atoms with E-state index in [2.05, 4.69) is 15.3 Å². The fourth-order valence-electron chi connectivity index (χ4n) is 2.70. The number of aromatic nitrogens is 1. The van der Waals surface area contributed by atoms with Crippen molar-refractivity contribution in [3.8, 4) is 0 Å². The van der Waals surface area contributed by atoms with E-state index in [0.717, 1.165) is 27.9 Å². The SMILES string of the molecule is CC1=N[C@H](C(=O)NCC(N)=O)Cc2c1[nH]c1ccccc21. The first-order valence-electron chi connectivity index (χ1n) is 6.76. The molecule has 2 amide bonds. The second-order valence-corrected chi connectivity index (χ2v) is 5.14. The molecule has 1 atom stereocenters. The molecular formula is C15H16N4O2. The molecule has 0 radical (unpaired) electrons. The molecule has 21 heavy (non-hydrogen) atoms. The van der Waals surface area contributed by atoms with Gasteiger partial charge in [-0.2, -0.15) is 0 Å². The Hall–Kier alpha value is -2.63. The maximum absolute atomic E-state index is 12.1. The van der Waals surface area contributed by atoms with Gasteiger partial charge in [-0.25, -0.2) is 0 Å². The number of benzene rings is 1. The van der Waals surface area contributed by atoms with Crippen molar-refractivity contribution in [1.29, 1.82) is 0 Å². The van der Waals surface area contributed by atoms with E-state index >= 15 is 0 Å². The van der Waals surface area contributed by atoms with E-state index in [1.807, 2.05) is 31.2 Å². The molecule has 1 aliphatic heterocycles. The van der Waals surface area contributed by atoms with Crippen LogP contribution in [0, 0.1) is 0 Å². The van der Waals surface area contributed by atoms with Gasteiger partial charge in [-0.05, 0) is 18.6 Å². The number of nitrogens with zero attached hydrogens (tertiary/aromatic N) is 1. The van der Waals surface area contributed by atoms with Gasteiger partial charge in [0.15, 0.2) is 0 Å². The van der Waals surface area contributed by atoms with Crippen LogP contribution in [-0.4, -0.2) is 35.1 Å². The fraction of sp³-hybridized carbons (Fsp3) is 0.267. The molecule has 2 aromatic rings. The number of aromatic amines is 1. The lowest BCUT2D eigenvalue weighted by Crippen LogP contribution is -2.41. The molecule has 3 rings (SSSR count). The molecule has 1 aromatic heterocycles. The van der Waals surface area contributed by atoms with Gasteiger partial charge >= 0.3 is 0 Å². The molecule has 108 valence electrons. The number of hydrogen-bond acceptors (Lipinski definition) is 3. The topological polar surface area (TPSA) is 100 Å². The summed E-state index contributed by atoms with van der Waals surface area (Å²) in [7, 11) is 0. The first kappa shape index (κ1) is 13.4. The number of nitrogens with one attached hydrogen (secondary N) is 2. The second-order valence-electron chi connectivity index (χ2n) is 5.14. The highest BCUT2D eigenvalue weighted by molar-refractivity contribution is 6.06. The summed E-state index contributed by atoms with van der Waals surface area (Å²) < 4.78 is 0. The third-order valence-electron chi connectivity index (χ3n) is 3.66. The van der Waals surface area contributed by atoms with E-state index in [1.54, 1.807) is 0 Å². The molecule has 0 saturated carbocycles. The minimum Gasteiger partial charge on any atom is -0.368 e. The van der Waals surface area contributed by atoms with Crippen molar-refractivity contribution in [3.63, 3.8) is 0 Å². The zero-order valence-corrected chi connectivity index (χ0v) is 11.6. The Labute approximate surface area is 121 Å². The molecule has 6 nitrogen and oxygen atoms in total. The highest BCUT2D eigenvalue weighted by atomic mass is 16.2.